The van der Waals surface area contributed by atoms with E-state index >= 15 is 0 Å². The number of para-hydroxylation sites is 5. The molecule has 0 saturated carbocycles. The summed E-state index contributed by atoms with van der Waals surface area (Å²) in [7, 11) is 0. The molecule has 65 heavy (non-hydrogen) atoms. The van der Waals surface area contributed by atoms with Crippen LogP contribution in [0.25, 0.3) is 104 Å². The third-order valence-corrected chi connectivity index (χ3v) is 13.2. The molecular weight excluding hydrogens is 789 g/mol. The molecule has 0 unspecified atom stereocenters. The van der Waals surface area contributed by atoms with Gasteiger partial charge in [-0.05, 0) is 111 Å². The molecule has 0 radical (unpaired) electrons. The number of furan rings is 1. The first-order chi connectivity index (χ1) is 32.2. The lowest BCUT2D eigenvalue weighted by Gasteiger charge is -2.27. The fourth-order valence-electron chi connectivity index (χ4n) is 10.1. The van der Waals surface area contributed by atoms with Crippen LogP contribution in [0, 0.1) is 0 Å². The van der Waals surface area contributed by atoms with E-state index in [0.29, 0.717) is 0 Å². The number of anilines is 3. The molecule has 0 bridgehead atoms. The summed E-state index contributed by atoms with van der Waals surface area (Å²) in [6, 6.07) is 87.8. The van der Waals surface area contributed by atoms with Crippen molar-refractivity contribution in [3.05, 3.63) is 243 Å². The maximum atomic E-state index is 6.47. The maximum Gasteiger partial charge on any atom is 0.143 e. The second-order valence-corrected chi connectivity index (χ2v) is 16.9. The fraction of sp³-hybridized carbons (Fsp3) is 0. The standard InChI is InChI=1S/C62H40N2O/c1-2-19-50-41(14-1)30-31-46-40-49(36-37-51(46)50)63(47-34-32-42(33-35-47)53-24-13-25-57-56-23-6-10-29-61(56)65-62(53)57)48-18-12-16-44(39-48)43-15-11-17-45(38-43)52-20-3-7-26-58(52)64-59-27-8-4-21-54(59)55-22-5-9-28-60(55)64/h1-40H. The summed E-state index contributed by atoms with van der Waals surface area (Å²) >= 11 is 0. The summed E-state index contributed by atoms with van der Waals surface area (Å²) in [5.74, 6) is 0. The molecule has 13 rings (SSSR count). The van der Waals surface area contributed by atoms with Crippen molar-refractivity contribution in [2.75, 3.05) is 4.90 Å². The number of rotatable bonds is 7. The predicted molar refractivity (Wildman–Crippen MR) is 274 cm³/mol. The lowest BCUT2D eigenvalue weighted by atomic mass is 9.97. The van der Waals surface area contributed by atoms with Gasteiger partial charge in [-0.25, -0.2) is 0 Å². The summed E-state index contributed by atoms with van der Waals surface area (Å²) in [6.07, 6.45) is 0. The van der Waals surface area contributed by atoms with Crippen molar-refractivity contribution < 1.29 is 4.42 Å². The zero-order valence-corrected chi connectivity index (χ0v) is 35.4. The number of nitrogens with zero attached hydrogens (tertiary/aromatic N) is 2. The molecule has 2 aromatic heterocycles. The molecule has 0 aliphatic rings. The van der Waals surface area contributed by atoms with Crippen LogP contribution in [0.3, 0.4) is 0 Å². The lowest BCUT2D eigenvalue weighted by molar-refractivity contribution is 0.670. The van der Waals surface area contributed by atoms with Crippen LogP contribution < -0.4 is 4.90 Å². The molecular formula is C62H40N2O. The summed E-state index contributed by atoms with van der Waals surface area (Å²) in [5, 5.41) is 9.72. The SMILES string of the molecule is c1cc(-c2cccc(N(c3ccc(-c4cccc5c4oc4ccccc45)cc3)c3ccc4c(ccc5ccccc54)c3)c2)cc(-c2ccccc2-n2c3ccccc3c3ccccc32)c1. The maximum absolute atomic E-state index is 6.47. The first-order valence-corrected chi connectivity index (χ1v) is 22.2. The highest BCUT2D eigenvalue weighted by atomic mass is 16.3. The van der Waals surface area contributed by atoms with E-state index in [9.17, 15) is 0 Å². The minimum atomic E-state index is 0.902. The van der Waals surface area contributed by atoms with Gasteiger partial charge in [-0.1, -0.05) is 176 Å². The molecule has 13 aromatic rings. The summed E-state index contributed by atoms with van der Waals surface area (Å²) in [6.45, 7) is 0. The van der Waals surface area contributed by atoms with Crippen LogP contribution in [-0.4, -0.2) is 4.57 Å². The quantitative estimate of drug-likeness (QED) is 0.149. The molecule has 2 heterocycles. The van der Waals surface area contributed by atoms with Gasteiger partial charge in [-0.15, -0.1) is 0 Å². The average Bonchev–Trinajstić information content (AvgIpc) is 3.93. The van der Waals surface area contributed by atoms with Crippen LogP contribution in [0.4, 0.5) is 17.1 Å². The molecule has 0 spiro atoms. The third kappa shape index (κ3) is 6.12. The Morgan fingerprint density at radius 1 is 0.308 bits per heavy atom. The highest BCUT2D eigenvalue weighted by Gasteiger charge is 2.19. The van der Waals surface area contributed by atoms with E-state index in [-0.39, 0.29) is 0 Å². The van der Waals surface area contributed by atoms with Gasteiger partial charge in [-0.2, -0.15) is 0 Å². The van der Waals surface area contributed by atoms with Crippen molar-refractivity contribution in [1.29, 1.82) is 0 Å². The minimum absolute atomic E-state index is 0.902. The van der Waals surface area contributed by atoms with Gasteiger partial charge in [-0.3, -0.25) is 0 Å². The van der Waals surface area contributed by atoms with Gasteiger partial charge in [0.25, 0.3) is 0 Å². The van der Waals surface area contributed by atoms with Crippen LogP contribution in [0.1, 0.15) is 0 Å². The Balaban J connectivity index is 0.928. The van der Waals surface area contributed by atoms with Crippen molar-refractivity contribution in [3.63, 3.8) is 0 Å². The average molecular weight is 829 g/mol. The third-order valence-electron chi connectivity index (χ3n) is 13.2. The van der Waals surface area contributed by atoms with Gasteiger partial charge >= 0.3 is 0 Å². The second kappa shape index (κ2) is 15.0. The molecule has 3 heteroatoms. The smallest absolute Gasteiger partial charge is 0.143 e. The van der Waals surface area contributed by atoms with Crippen molar-refractivity contribution >= 4 is 82.4 Å². The molecule has 0 N–H and O–H groups in total. The molecule has 0 fully saturated rings. The molecule has 0 atom stereocenters. The molecule has 0 saturated heterocycles. The first-order valence-electron chi connectivity index (χ1n) is 22.2. The number of hydrogen-bond donors (Lipinski definition) is 0. The number of aromatic nitrogens is 1. The van der Waals surface area contributed by atoms with E-state index in [4.69, 9.17) is 4.42 Å². The molecule has 0 aliphatic heterocycles. The first kappa shape index (κ1) is 36.9. The van der Waals surface area contributed by atoms with E-state index in [1.807, 2.05) is 12.1 Å². The zero-order valence-electron chi connectivity index (χ0n) is 35.4. The number of hydrogen-bond acceptors (Lipinski definition) is 2. The molecule has 0 amide bonds. The van der Waals surface area contributed by atoms with Crippen molar-refractivity contribution in [1.82, 2.24) is 4.57 Å². The largest absolute Gasteiger partial charge is 0.455 e. The molecule has 11 aromatic carbocycles. The summed E-state index contributed by atoms with van der Waals surface area (Å²) in [4.78, 5) is 2.38. The summed E-state index contributed by atoms with van der Waals surface area (Å²) in [5.41, 5.74) is 15.4. The minimum Gasteiger partial charge on any atom is -0.455 e. The van der Waals surface area contributed by atoms with E-state index in [1.54, 1.807) is 0 Å². The van der Waals surface area contributed by atoms with Gasteiger partial charge in [0, 0.05) is 49.7 Å². The molecule has 304 valence electrons. The van der Waals surface area contributed by atoms with Gasteiger partial charge in [0.15, 0.2) is 0 Å². The Hall–Kier alpha value is -8.66. The molecule has 0 aliphatic carbocycles. The Morgan fingerprint density at radius 2 is 0.877 bits per heavy atom. The van der Waals surface area contributed by atoms with Crippen LogP contribution in [0.15, 0.2) is 247 Å². The van der Waals surface area contributed by atoms with E-state index in [2.05, 4.69) is 240 Å². The lowest BCUT2D eigenvalue weighted by Crippen LogP contribution is -2.10. The van der Waals surface area contributed by atoms with Crippen LogP contribution in [0.2, 0.25) is 0 Å². The van der Waals surface area contributed by atoms with E-state index < -0.39 is 0 Å². The fourth-order valence-corrected chi connectivity index (χ4v) is 10.1. The topological polar surface area (TPSA) is 21.3 Å². The van der Waals surface area contributed by atoms with Crippen LogP contribution >= 0.6 is 0 Å². The van der Waals surface area contributed by atoms with Crippen LogP contribution in [-0.2, 0) is 0 Å². The Kier molecular flexibility index (Phi) is 8.53. The number of fused-ring (bicyclic) bond motifs is 9. The predicted octanol–water partition coefficient (Wildman–Crippen LogP) is 17.5. The normalized spacial score (nSPS) is 11.7. The monoisotopic (exact) mass is 828 g/mol. The Bertz CT molecular complexity index is 3910. The number of benzene rings is 11. The van der Waals surface area contributed by atoms with Crippen molar-refractivity contribution in [2.24, 2.45) is 0 Å². The van der Waals surface area contributed by atoms with Gasteiger partial charge in [0.1, 0.15) is 11.2 Å². The highest BCUT2D eigenvalue weighted by molar-refractivity contribution is 6.11. The van der Waals surface area contributed by atoms with E-state index in [0.717, 1.165) is 66.9 Å². The Morgan fingerprint density at radius 3 is 1.71 bits per heavy atom. The summed E-state index contributed by atoms with van der Waals surface area (Å²) < 4.78 is 8.88. The Labute approximate surface area is 376 Å². The van der Waals surface area contributed by atoms with Crippen LogP contribution in [0.5, 0.6) is 0 Å². The van der Waals surface area contributed by atoms with Gasteiger partial charge in [0.2, 0.25) is 0 Å². The molecule has 3 nitrogen and oxygen atoms in total. The van der Waals surface area contributed by atoms with Gasteiger partial charge < -0.3 is 13.9 Å². The second-order valence-electron chi connectivity index (χ2n) is 16.9. The van der Waals surface area contributed by atoms with Crippen molar-refractivity contribution in [2.45, 2.75) is 0 Å². The van der Waals surface area contributed by atoms with Crippen molar-refractivity contribution in [3.8, 4) is 39.1 Å². The van der Waals surface area contributed by atoms with Gasteiger partial charge in [0.05, 0.1) is 16.7 Å². The highest BCUT2D eigenvalue weighted by Crippen LogP contribution is 2.42. The van der Waals surface area contributed by atoms with E-state index in [1.165, 1.54) is 54.5 Å². The zero-order chi connectivity index (χ0) is 42.8.